The van der Waals surface area contributed by atoms with Gasteiger partial charge in [-0.15, -0.1) is 0 Å². The number of anilines is 3. The summed E-state index contributed by atoms with van der Waals surface area (Å²) in [6.45, 7) is 0. The van der Waals surface area contributed by atoms with Crippen molar-refractivity contribution in [2.24, 2.45) is 0 Å². The first kappa shape index (κ1) is 22.7. The van der Waals surface area contributed by atoms with Crippen molar-refractivity contribution in [3.8, 4) is 5.75 Å². The molecule has 0 unspecified atom stereocenters. The zero-order valence-corrected chi connectivity index (χ0v) is 18.4. The lowest BCUT2D eigenvalue weighted by Gasteiger charge is -2.18. The summed E-state index contributed by atoms with van der Waals surface area (Å²) in [6, 6.07) is 14.1. The summed E-state index contributed by atoms with van der Waals surface area (Å²) in [7, 11) is 1.44. The van der Waals surface area contributed by atoms with Gasteiger partial charge in [0.25, 0.3) is 5.91 Å². The summed E-state index contributed by atoms with van der Waals surface area (Å²) >= 11 is 16.4. The normalized spacial score (nSPS) is 10.4. The van der Waals surface area contributed by atoms with Gasteiger partial charge in [0.1, 0.15) is 5.82 Å². The zero-order chi connectivity index (χ0) is 22.5. The summed E-state index contributed by atoms with van der Waals surface area (Å²) in [6.07, 6.45) is 0. The van der Waals surface area contributed by atoms with Gasteiger partial charge in [-0.05, 0) is 54.6 Å². The molecule has 10 heteroatoms. The molecule has 3 rings (SSSR count). The second-order valence-corrected chi connectivity index (χ2v) is 7.44. The van der Waals surface area contributed by atoms with E-state index in [0.717, 1.165) is 10.4 Å². The maximum Gasteiger partial charge on any atom is 0.336 e. The van der Waals surface area contributed by atoms with Gasteiger partial charge in [-0.25, -0.2) is 13.5 Å². The monoisotopic (exact) mass is 479 g/mol. The molecule has 0 aromatic heterocycles. The minimum atomic E-state index is -0.558. The van der Waals surface area contributed by atoms with E-state index >= 15 is 0 Å². The fourth-order valence-corrected chi connectivity index (χ4v) is 3.46. The molecule has 6 nitrogen and oxygen atoms in total. The van der Waals surface area contributed by atoms with Crippen LogP contribution in [0.15, 0.2) is 60.7 Å². The number of amides is 3. The van der Waals surface area contributed by atoms with Crippen molar-refractivity contribution in [3.05, 3.63) is 82.1 Å². The minimum Gasteiger partial charge on any atom is -0.494 e. The van der Waals surface area contributed by atoms with Gasteiger partial charge in [-0.1, -0.05) is 42.1 Å². The van der Waals surface area contributed by atoms with Gasteiger partial charge in [0.05, 0.1) is 22.8 Å². The summed E-state index contributed by atoms with van der Waals surface area (Å²) in [4.78, 5) is 24.7. The van der Waals surface area contributed by atoms with Gasteiger partial charge >= 0.3 is 6.03 Å². The third kappa shape index (κ3) is 5.61. The molecule has 0 aliphatic heterocycles. The molecule has 0 aliphatic carbocycles. The Hall–Kier alpha value is -2.94. The Labute approximate surface area is 193 Å². The number of nitrogens with zero attached hydrogens (tertiary/aromatic N) is 1. The molecular formula is C21H16Cl2FN3O3S. The molecule has 3 amide bonds. The van der Waals surface area contributed by atoms with Crippen molar-refractivity contribution in [2.45, 2.75) is 0 Å². The van der Waals surface area contributed by atoms with Crippen LogP contribution in [0.5, 0.6) is 5.75 Å². The minimum absolute atomic E-state index is 0.191. The summed E-state index contributed by atoms with van der Waals surface area (Å²) in [5.74, 6) is -0.653. The smallest absolute Gasteiger partial charge is 0.336 e. The van der Waals surface area contributed by atoms with Gasteiger partial charge in [0.15, 0.2) is 5.75 Å². The molecule has 160 valence electrons. The number of benzene rings is 3. The van der Waals surface area contributed by atoms with Crippen LogP contribution in [0.2, 0.25) is 10.0 Å². The number of carbonyl (C=O) groups is 2. The predicted molar refractivity (Wildman–Crippen MR) is 124 cm³/mol. The molecule has 0 saturated heterocycles. The molecule has 0 radical (unpaired) electrons. The molecule has 0 bridgehead atoms. The fraction of sp³-hybridized carbons (Fsp3) is 0.0476. The first-order valence-corrected chi connectivity index (χ1v) is 9.94. The molecule has 2 N–H and O–H groups in total. The van der Waals surface area contributed by atoms with Gasteiger partial charge in [0.2, 0.25) is 0 Å². The topological polar surface area (TPSA) is 70.7 Å². The van der Waals surface area contributed by atoms with Crippen molar-refractivity contribution in [1.82, 2.24) is 0 Å². The van der Waals surface area contributed by atoms with Crippen LogP contribution in [0.3, 0.4) is 0 Å². The van der Waals surface area contributed by atoms with E-state index in [4.69, 9.17) is 27.9 Å². The van der Waals surface area contributed by atoms with Crippen LogP contribution in [0.25, 0.3) is 0 Å². The maximum absolute atomic E-state index is 13.3. The third-order valence-corrected chi connectivity index (χ3v) is 5.08. The van der Waals surface area contributed by atoms with Crippen LogP contribution in [0.1, 0.15) is 10.4 Å². The SMILES string of the molecule is COc1c(Cl)cc(NC(=O)N(S)c2ccc(NC(=O)c3cccc(F)c3)cc2)cc1Cl. The zero-order valence-electron chi connectivity index (χ0n) is 16.0. The van der Waals surface area contributed by atoms with Gasteiger partial charge in [-0.2, -0.15) is 0 Å². The molecule has 0 heterocycles. The van der Waals surface area contributed by atoms with Crippen molar-refractivity contribution >= 4 is 65.0 Å². The van der Waals surface area contributed by atoms with E-state index < -0.39 is 17.8 Å². The van der Waals surface area contributed by atoms with Gasteiger partial charge < -0.3 is 15.4 Å². The number of halogens is 3. The molecular weight excluding hydrogens is 464 g/mol. The van der Waals surface area contributed by atoms with E-state index in [0.29, 0.717) is 22.8 Å². The number of hydrogen-bond acceptors (Lipinski definition) is 4. The second kappa shape index (κ2) is 9.91. The number of urea groups is 1. The largest absolute Gasteiger partial charge is 0.494 e. The van der Waals surface area contributed by atoms with Crippen molar-refractivity contribution in [3.63, 3.8) is 0 Å². The van der Waals surface area contributed by atoms with Gasteiger partial charge in [0, 0.05) is 16.9 Å². The maximum atomic E-state index is 13.3. The number of ether oxygens (including phenoxy) is 1. The number of nitrogens with one attached hydrogen (secondary N) is 2. The lowest BCUT2D eigenvalue weighted by Crippen LogP contribution is -2.26. The second-order valence-electron chi connectivity index (χ2n) is 6.23. The third-order valence-electron chi connectivity index (χ3n) is 4.10. The highest BCUT2D eigenvalue weighted by molar-refractivity contribution is 7.82. The Morgan fingerprint density at radius 2 is 1.61 bits per heavy atom. The number of rotatable bonds is 5. The number of methoxy groups -OCH3 is 1. The van der Waals surface area contributed by atoms with Gasteiger partial charge in [-0.3, -0.25) is 4.79 Å². The highest BCUT2D eigenvalue weighted by atomic mass is 35.5. The van der Waals surface area contributed by atoms with E-state index in [2.05, 4.69) is 23.4 Å². The Bertz CT molecular complexity index is 1110. The molecule has 31 heavy (non-hydrogen) atoms. The first-order valence-electron chi connectivity index (χ1n) is 8.78. The average molecular weight is 480 g/mol. The van der Waals surface area contributed by atoms with Crippen LogP contribution in [-0.4, -0.2) is 19.0 Å². The predicted octanol–water partition coefficient (Wildman–Crippen LogP) is 6.28. The molecule has 3 aromatic carbocycles. The summed E-state index contributed by atoms with van der Waals surface area (Å²) in [5.41, 5.74) is 1.46. The molecule has 0 aliphatic rings. The van der Waals surface area contributed by atoms with Crippen molar-refractivity contribution in [1.29, 1.82) is 0 Å². The highest BCUT2D eigenvalue weighted by Crippen LogP contribution is 2.36. The Morgan fingerprint density at radius 3 is 2.19 bits per heavy atom. The van der Waals surface area contributed by atoms with Crippen molar-refractivity contribution < 1.29 is 18.7 Å². The van der Waals surface area contributed by atoms with Crippen LogP contribution < -0.4 is 19.7 Å². The lowest BCUT2D eigenvalue weighted by molar-refractivity contribution is 0.102. The van der Waals surface area contributed by atoms with Crippen LogP contribution in [0, 0.1) is 5.82 Å². The standard InChI is InChI=1S/C21H16Cl2FN3O3S/c1-30-19-17(22)10-15(11-18(19)23)26-21(29)27(31)16-7-5-14(6-8-16)25-20(28)12-3-2-4-13(24)9-12/h2-11,31H,1H3,(H,25,28)(H,26,29). The lowest BCUT2D eigenvalue weighted by atomic mass is 10.2. The summed E-state index contributed by atoms with van der Waals surface area (Å²) in [5, 5.41) is 5.77. The quantitative estimate of drug-likeness (QED) is 0.377. The van der Waals surface area contributed by atoms with Crippen LogP contribution in [-0.2, 0) is 0 Å². The molecule has 3 aromatic rings. The first-order chi connectivity index (χ1) is 14.8. The van der Waals surface area contributed by atoms with Crippen molar-refractivity contribution in [2.75, 3.05) is 22.0 Å². The average Bonchev–Trinajstić information content (AvgIpc) is 2.73. The van der Waals surface area contributed by atoms with E-state index in [1.165, 1.54) is 37.4 Å². The Balaban J connectivity index is 1.66. The Kier molecular flexibility index (Phi) is 7.27. The van der Waals surface area contributed by atoms with Crippen LogP contribution in [0.4, 0.5) is 26.2 Å². The van der Waals surface area contributed by atoms with E-state index in [-0.39, 0.29) is 15.6 Å². The number of thiol groups is 1. The highest BCUT2D eigenvalue weighted by Gasteiger charge is 2.15. The summed E-state index contributed by atoms with van der Waals surface area (Å²) < 4.78 is 19.4. The molecule has 0 fully saturated rings. The molecule has 0 saturated carbocycles. The number of hydrogen-bond donors (Lipinski definition) is 3. The van der Waals surface area contributed by atoms with Crippen LogP contribution >= 0.6 is 36.0 Å². The molecule has 0 spiro atoms. The van der Waals surface area contributed by atoms with E-state index in [1.54, 1.807) is 24.3 Å². The Morgan fingerprint density at radius 1 is 0.968 bits per heavy atom. The molecule has 0 atom stereocenters. The van der Waals surface area contributed by atoms with E-state index in [9.17, 15) is 14.0 Å². The fourth-order valence-electron chi connectivity index (χ4n) is 2.64. The number of carbonyl (C=O) groups excluding carboxylic acids is 2. The van der Waals surface area contributed by atoms with E-state index in [1.807, 2.05) is 0 Å².